The van der Waals surface area contributed by atoms with Crippen LogP contribution in [0.5, 0.6) is 5.75 Å². The summed E-state index contributed by atoms with van der Waals surface area (Å²) >= 11 is 0. The molecule has 110 valence electrons. The molecule has 1 aromatic carbocycles. The number of H-pyrrole nitrogens is 1. The Hall–Kier alpha value is -2.30. The van der Waals surface area contributed by atoms with Gasteiger partial charge in [0.1, 0.15) is 17.1 Å². The quantitative estimate of drug-likeness (QED) is 0.889. The minimum absolute atomic E-state index is 0.163. The van der Waals surface area contributed by atoms with Gasteiger partial charge in [0.15, 0.2) is 0 Å². The molecule has 0 saturated carbocycles. The predicted octanol–water partition coefficient (Wildman–Crippen LogP) is 3.14. The van der Waals surface area contributed by atoms with Crippen LogP contribution in [-0.2, 0) is 6.42 Å². The fourth-order valence-electron chi connectivity index (χ4n) is 2.85. The molecule has 0 fully saturated rings. The molecule has 0 unspecified atom stereocenters. The van der Waals surface area contributed by atoms with Gasteiger partial charge in [-0.05, 0) is 24.0 Å². The number of nitrogens with zero attached hydrogens (tertiary/aromatic N) is 1. The van der Waals surface area contributed by atoms with Gasteiger partial charge in [-0.3, -0.25) is 5.10 Å². The molecule has 0 radical (unpaired) electrons. The molecule has 2 heterocycles. The third kappa shape index (κ3) is 2.09. The van der Waals surface area contributed by atoms with Crippen LogP contribution >= 0.6 is 0 Å². The molecular formula is C16H18N2O3. The van der Waals surface area contributed by atoms with Gasteiger partial charge < -0.3 is 9.84 Å². The van der Waals surface area contributed by atoms with Gasteiger partial charge in [0.2, 0.25) is 0 Å². The number of aromatic nitrogens is 2. The number of carboxylic acids is 1. The highest BCUT2D eigenvalue weighted by atomic mass is 16.5. The maximum atomic E-state index is 11.3. The third-order valence-electron chi connectivity index (χ3n) is 3.93. The normalized spacial score (nSPS) is 13.3. The average Bonchev–Trinajstić information content (AvgIpc) is 2.73. The topological polar surface area (TPSA) is 75.2 Å². The van der Waals surface area contributed by atoms with E-state index in [2.05, 4.69) is 30.1 Å². The van der Waals surface area contributed by atoms with Crippen molar-refractivity contribution in [3.05, 3.63) is 34.5 Å². The van der Waals surface area contributed by atoms with Gasteiger partial charge in [0, 0.05) is 17.5 Å². The van der Waals surface area contributed by atoms with Crippen molar-refractivity contribution in [1.29, 1.82) is 0 Å². The summed E-state index contributed by atoms with van der Waals surface area (Å²) in [5.74, 6) is 0.191. The number of nitrogens with one attached hydrogen (secondary N) is 1. The zero-order chi connectivity index (χ0) is 15.1. The Balaban J connectivity index is 2.30. The molecule has 3 rings (SSSR count). The van der Waals surface area contributed by atoms with E-state index in [1.54, 1.807) is 0 Å². The second kappa shape index (κ2) is 4.91. The number of fused-ring (bicyclic) bond motifs is 3. The van der Waals surface area contributed by atoms with Gasteiger partial charge in [-0.15, -0.1) is 0 Å². The van der Waals surface area contributed by atoms with Crippen LogP contribution in [0, 0.1) is 6.92 Å². The molecule has 0 atom stereocenters. The average molecular weight is 286 g/mol. The molecule has 2 N–H and O–H groups in total. The number of aromatic carboxylic acids is 1. The summed E-state index contributed by atoms with van der Waals surface area (Å²) in [5, 5.41) is 16.2. The summed E-state index contributed by atoms with van der Waals surface area (Å²) in [4.78, 5) is 11.3. The number of hydrogen-bond donors (Lipinski definition) is 2. The summed E-state index contributed by atoms with van der Waals surface area (Å²) in [5.41, 5.74) is 4.68. The highest BCUT2D eigenvalue weighted by Gasteiger charge is 2.27. The first-order valence-electron chi connectivity index (χ1n) is 7.08. The van der Waals surface area contributed by atoms with Crippen LogP contribution in [0.3, 0.4) is 0 Å². The number of carboxylic acid groups (broad SMARTS) is 1. The molecule has 1 aliphatic heterocycles. The van der Waals surface area contributed by atoms with Gasteiger partial charge in [0.05, 0.1) is 6.61 Å². The van der Waals surface area contributed by atoms with Crippen molar-refractivity contribution in [2.24, 2.45) is 0 Å². The van der Waals surface area contributed by atoms with Gasteiger partial charge in [-0.1, -0.05) is 26.0 Å². The maximum absolute atomic E-state index is 11.3. The zero-order valence-electron chi connectivity index (χ0n) is 12.4. The minimum atomic E-state index is -0.982. The fourth-order valence-corrected chi connectivity index (χ4v) is 2.85. The van der Waals surface area contributed by atoms with Gasteiger partial charge >= 0.3 is 5.97 Å². The molecule has 0 bridgehead atoms. The molecular weight excluding hydrogens is 268 g/mol. The van der Waals surface area contributed by atoms with E-state index < -0.39 is 5.97 Å². The summed E-state index contributed by atoms with van der Waals surface area (Å²) < 4.78 is 5.95. The second-order valence-electron chi connectivity index (χ2n) is 5.66. The third-order valence-corrected chi connectivity index (χ3v) is 3.93. The molecule has 21 heavy (non-hydrogen) atoms. The predicted molar refractivity (Wildman–Crippen MR) is 79.0 cm³/mol. The van der Waals surface area contributed by atoms with Crippen molar-refractivity contribution in [2.75, 3.05) is 6.61 Å². The van der Waals surface area contributed by atoms with Crippen molar-refractivity contribution in [1.82, 2.24) is 10.2 Å². The SMILES string of the molecule is Cc1ccc(C(C)C)c2c1-c1n[nH]c(C(=O)O)c1CCO2. The van der Waals surface area contributed by atoms with Crippen LogP contribution in [0.2, 0.25) is 0 Å². The lowest BCUT2D eigenvalue weighted by Crippen LogP contribution is -2.06. The number of rotatable bonds is 2. The number of aromatic amines is 1. The monoisotopic (exact) mass is 286 g/mol. The highest BCUT2D eigenvalue weighted by molar-refractivity contribution is 5.91. The van der Waals surface area contributed by atoms with E-state index in [0.29, 0.717) is 24.6 Å². The second-order valence-corrected chi connectivity index (χ2v) is 5.66. The first-order valence-corrected chi connectivity index (χ1v) is 7.08. The molecule has 5 nitrogen and oxygen atoms in total. The summed E-state index contributed by atoms with van der Waals surface area (Å²) in [7, 11) is 0. The van der Waals surface area contributed by atoms with Crippen LogP contribution in [0.25, 0.3) is 11.3 Å². The first-order chi connectivity index (χ1) is 10.0. The van der Waals surface area contributed by atoms with Crippen molar-refractivity contribution >= 4 is 5.97 Å². The molecule has 0 spiro atoms. The molecule has 1 aliphatic rings. The van der Waals surface area contributed by atoms with Crippen LogP contribution in [0.15, 0.2) is 12.1 Å². The number of benzene rings is 1. The van der Waals surface area contributed by atoms with Gasteiger partial charge in [0.25, 0.3) is 0 Å². The Morgan fingerprint density at radius 1 is 1.43 bits per heavy atom. The number of hydrogen-bond acceptors (Lipinski definition) is 3. The Morgan fingerprint density at radius 3 is 2.86 bits per heavy atom. The van der Waals surface area contributed by atoms with Crippen LogP contribution < -0.4 is 4.74 Å². The molecule has 0 amide bonds. The fraction of sp³-hybridized carbons (Fsp3) is 0.375. The van der Waals surface area contributed by atoms with E-state index in [9.17, 15) is 9.90 Å². The summed E-state index contributed by atoms with van der Waals surface area (Å²) in [6.45, 7) is 6.69. The Kier molecular flexibility index (Phi) is 3.20. The molecule has 2 aromatic rings. The summed E-state index contributed by atoms with van der Waals surface area (Å²) in [6.07, 6.45) is 0.541. The maximum Gasteiger partial charge on any atom is 0.354 e. The van der Waals surface area contributed by atoms with Crippen LogP contribution in [0.1, 0.15) is 46.9 Å². The van der Waals surface area contributed by atoms with E-state index in [-0.39, 0.29) is 5.69 Å². The largest absolute Gasteiger partial charge is 0.492 e. The van der Waals surface area contributed by atoms with E-state index in [1.807, 2.05) is 13.0 Å². The lowest BCUT2D eigenvalue weighted by atomic mass is 9.93. The van der Waals surface area contributed by atoms with Crippen molar-refractivity contribution < 1.29 is 14.6 Å². The number of carbonyl (C=O) groups is 1. The lowest BCUT2D eigenvalue weighted by Gasteiger charge is -2.17. The standard InChI is InChI=1S/C16H18N2O3/c1-8(2)10-5-4-9(3)12-13-11(6-7-21-15(10)12)14(16(19)20)18-17-13/h4-5,8H,6-7H2,1-3H3,(H,17,18)(H,19,20). The number of ether oxygens (including phenoxy) is 1. The summed E-state index contributed by atoms with van der Waals surface area (Å²) in [6, 6.07) is 4.12. The van der Waals surface area contributed by atoms with E-state index >= 15 is 0 Å². The number of aryl methyl sites for hydroxylation is 1. The zero-order valence-corrected chi connectivity index (χ0v) is 12.4. The Labute approximate surface area is 123 Å². The van der Waals surface area contributed by atoms with Gasteiger partial charge in [-0.25, -0.2) is 4.79 Å². The van der Waals surface area contributed by atoms with E-state index in [1.165, 1.54) is 0 Å². The van der Waals surface area contributed by atoms with E-state index in [4.69, 9.17) is 4.74 Å². The van der Waals surface area contributed by atoms with E-state index in [0.717, 1.165) is 28.0 Å². The Morgan fingerprint density at radius 2 is 2.19 bits per heavy atom. The van der Waals surface area contributed by atoms with Crippen molar-refractivity contribution in [3.63, 3.8) is 0 Å². The molecule has 1 aromatic heterocycles. The highest BCUT2D eigenvalue weighted by Crippen LogP contribution is 2.42. The van der Waals surface area contributed by atoms with Crippen molar-refractivity contribution in [2.45, 2.75) is 33.1 Å². The molecule has 5 heteroatoms. The first kappa shape index (κ1) is 13.7. The van der Waals surface area contributed by atoms with Crippen LogP contribution in [-0.4, -0.2) is 27.9 Å². The van der Waals surface area contributed by atoms with Crippen molar-refractivity contribution in [3.8, 4) is 17.0 Å². The Bertz CT molecular complexity index is 717. The van der Waals surface area contributed by atoms with Crippen LogP contribution in [0.4, 0.5) is 0 Å². The van der Waals surface area contributed by atoms with Gasteiger partial charge in [-0.2, -0.15) is 5.10 Å². The smallest absolute Gasteiger partial charge is 0.354 e. The lowest BCUT2D eigenvalue weighted by molar-refractivity contribution is 0.0689. The molecule has 0 saturated heterocycles. The molecule has 0 aliphatic carbocycles. The minimum Gasteiger partial charge on any atom is -0.492 e.